The summed E-state index contributed by atoms with van der Waals surface area (Å²) < 4.78 is 34.7. The molecule has 8 nitrogen and oxygen atoms in total. The summed E-state index contributed by atoms with van der Waals surface area (Å²) in [6.45, 7) is 22.2. The molecule has 0 saturated heterocycles. The highest BCUT2D eigenvalue weighted by atomic mass is 31.2. The number of rotatable bonds is 8. The van der Waals surface area contributed by atoms with Crippen LogP contribution in [0.2, 0.25) is 0 Å². The van der Waals surface area contributed by atoms with Gasteiger partial charge in [0.2, 0.25) is 6.79 Å². The molecule has 44 heavy (non-hydrogen) atoms. The van der Waals surface area contributed by atoms with Gasteiger partial charge in [-0.3, -0.25) is 4.79 Å². The third-order valence-electron chi connectivity index (χ3n) is 15.1. The largest absolute Gasteiger partial charge is 0.472 e. The van der Waals surface area contributed by atoms with Crippen molar-refractivity contribution in [2.75, 3.05) is 20.0 Å². The molecule has 0 aromatic heterocycles. The van der Waals surface area contributed by atoms with Gasteiger partial charge in [0.1, 0.15) is 0 Å². The summed E-state index contributed by atoms with van der Waals surface area (Å²) in [6, 6.07) is 0. The first-order valence-electron chi connectivity index (χ1n) is 17.5. The molecule has 9 heteroatoms. The molecular formula is C35H61O8P. The lowest BCUT2D eigenvalue weighted by Crippen LogP contribution is -2.72. The summed E-state index contributed by atoms with van der Waals surface area (Å²) in [7, 11) is -4.73. The van der Waals surface area contributed by atoms with Crippen LogP contribution in [0.15, 0.2) is 0 Å². The van der Waals surface area contributed by atoms with E-state index in [1.807, 2.05) is 0 Å². The van der Waals surface area contributed by atoms with E-state index < -0.39 is 20.0 Å². The minimum atomic E-state index is -4.73. The van der Waals surface area contributed by atoms with E-state index in [2.05, 4.69) is 66.8 Å². The SMILES string of the molecule is CCOC1CCC2(C)C(CC(OCC)C3(C)C2CCC2C4C(C)C(C)CCC4(C(=O)OCOP(=O)(O)O)CCC23C)C1(C)C. The van der Waals surface area contributed by atoms with Gasteiger partial charge < -0.3 is 24.0 Å². The summed E-state index contributed by atoms with van der Waals surface area (Å²) in [5, 5.41) is 0. The molecule has 0 aromatic rings. The molecule has 254 valence electrons. The van der Waals surface area contributed by atoms with Gasteiger partial charge in [0.15, 0.2) is 0 Å². The second-order valence-electron chi connectivity index (χ2n) is 16.7. The number of phosphoric ester groups is 1. The van der Waals surface area contributed by atoms with Crippen LogP contribution < -0.4 is 0 Å². The van der Waals surface area contributed by atoms with Crippen LogP contribution in [0.1, 0.15) is 120 Å². The van der Waals surface area contributed by atoms with Crippen LogP contribution in [0.4, 0.5) is 0 Å². The Balaban J connectivity index is 1.54. The van der Waals surface area contributed by atoms with Crippen molar-refractivity contribution in [3.63, 3.8) is 0 Å². The predicted octanol–water partition coefficient (Wildman–Crippen LogP) is 7.75. The Hall–Kier alpha value is -0.500. The van der Waals surface area contributed by atoms with E-state index in [1.165, 1.54) is 6.42 Å². The third kappa shape index (κ3) is 5.10. The number of carbonyl (C=O) groups excluding carboxylic acids is 1. The zero-order valence-corrected chi connectivity index (χ0v) is 29.8. The molecule has 0 heterocycles. The van der Waals surface area contributed by atoms with Crippen LogP contribution in [0, 0.1) is 62.6 Å². The fraction of sp³-hybridized carbons (Fsp3) is 0.971. The molecule has 5 saturated carbocycles. The zero-order chi connectivity index (χ0) is 32.5. The molecular weight excluding hydrogens is 579 g/mol. The first-order valence-corrected chi connectivity index (χ1v) is 19.1. The van der Waals surface area contributed by atoms with Gasteiger partial charge in [0.05, 0.1) is 17.6 Å². The Morgan fingerprint density at radius 1 is 0.841 bits per heavy atom. The monoisotopic (exact) mass is 640 g/mol. The molecule has 5 fully saturated rings. The molecule has 5 aliphatic carbocycles. The molecule has 0 bridgehead atoms. The Morgan fingerprint density at radius 2 is 1.50 bits per heavy atom. The minimum Gasteiger partial charge on any atom is -0.437 e. The Bertz CT molecular complexity index is 1120. The van der Waals surface area contributed by atoms with Crippen molar-refractivity contribution in [2.24, 2.45) is 62.6 Å². The lowest BCUT2D eigenvalue weighted by atomic mass is 9.30. The predicted molar refractivity (Wildman–Crippen MR) is 169 cm³/mol. The highest BCUT2D eigenvalue weighted by Gasteiger charge is 2.74. The highest BCUT2D eigenvalue weighted by molar-refractivity contribution is 7.46. The first kappa shape index (κ1) is 34.8. The van der Waals surface area contributed by atoms with Crippen LogP contribution in [-0.4, -0.2) is 48.0 Å². The van der Waals surface area contributed by atoms with Gasteiger partial charge in [-0.05, 0) is 123 Å². The molecule has 5 aliphatic rings. The van der Waals surface area contributed by atoms with E-state index in [0.717, 1.165) is 58.0 Å². The highest BCUT2D eigenvalue weighted by Crippen LogP contribution is 2.77. The average Bonchev–Trinajstić information content (AvgIpc) is 2.93. The number of hydrogen-bond donors (Lipinski definition) is 2. The summed E-state index contributed by atoms with van der Waals surface area (Å²) in [5.74, 6) is 1.99. The fourth-order valence-electron chi connectivity index (χ4n) is 12.8. The molecule has 2 N–H and O–H groups in total. The second kappa shape index (κ2) is 11.9. The Morgan fingerprint density at radius 3 is 2.14 bits per heavy atom. The maximum absolute atomic E-state index is 14.0. The second-order valence-corrected chi connectivity index (χ2v) is 17.9. The van der Waals surface area contributed by atoms with E-state index >= 15 is 0 Å². The summed E-state index contributed by atoms with van der Waals surface area (Å²) >= 11 is 0. The first-order chi connectivity index (χ1) is 20.4. The quantitative estimate of drug-likeness (QED) is 0.157. The Kier molecular flexibility index (Phi) is 9.40. The van der Waals surface area contributed by atoms with Gasteiger partial charge in [-0.1, -0.05) is 48.5 Å². The maximum atomic E-state index is 14.0. The number of fused-ring (bicyclic) bond motifs is 7. The van der Waals surface area contributed by atoms with Crippen LogP contribution in [0.3, 0.4) is 0 Å². The lowest BCUT2D eigenvalue weighted by Gasteiger charge is -2.75. The molecule has 0 aliphatic heterocycles. The summed E-state index contributed by atoms with van der Waals surface area (Å²) in [6.07, 6.45) is 9.30. The van der Waals surface area contributed by atoms with Crippen molar-refractivity contribution in [1.29, 1.82) is 0 Å². The van der Waals surface area contributed by atoms with E-state index in [-0.39, 0.29) is 45.8 Å². The average molecular weight is 641 g/mol. The third-order valence-corrected chi connectivity index (χ3v) is 15.6. The van der Waals surface area contributed by atoms with E-state index in [4.69, 9.17) is 14.2 Å². The molecule has 0 aromatic carbocycles. The number of carbonyl (C=O) groups is 1. The van der Waals surface area contributed by atoms with Crippen molar-refractivity contribution in [2.45, 2.75) is 132 Å². The summed E-state index contributed by atoms with van der Waals surface area (Å²) in [5.41, 5.74) is -0.479. The van der Waals surface area contributed by atoms with E-state index in [1.54, 1.807) is 0 Å². The summed E-state index contributed by atoms with van der Waals surface area (Å²) in [4.78, 5) is 32.4. The normalized spacial score (nSPS) is 48.3. The van der Waals surface area contributed by atoms with Crippen molar-refractivity contribution in [3.8, 4) is 0 Å². The van der Waals surface area contributed by atoms with Crippen LogP contribution >= 0.6 is 7.82 Å². The zero-order valence-electron chi connectivity index (χ0n) is 28.9. The number of esters is 1. The number of phosphoric acid groups is 1. The van der Waals surface area contributed by atoms with Crippen molar-refractivity contribution < 1.29 is 37.9 Å². The van der Waals surface area contributed by atoms with Crippen molar-refractivity contribution in [3.05, 3.63) is 0 Å². The van der Waals surface area contributed by atoms with Gasteiger partial charge in [0, 0.05) is 18.6 Å². The number of ether oxygens (including phenoxy) is 3. The molecule has 0 radical (unpaired) electrons. The molecule has 5 rings (SSSR count). The molecule has 0 spiro atoms. The van der Waals surface area contributed by atoms with Crippen LogP contribution in [-0.2, 0) is 28.1 Å². The van der Waals surface area contributed by atoms with Crippen LogP contribution in [0.5, 0.6) is 0 Å². The Labute approximate surface area is 266 Å². The van der Waals surface area contributed by atoms with Crippen molar-refractivity contribution in [1.82, 2.24) is 0 Å². The molecule has 12 unspecified atom stereocenters. The fourth-order valence-corrected chi connectivity index (χ4v) is 13.0. The van der Waals surface area contributed by atoms with Gasteiger partial charge in [-0.2, -0.15) is 0 Å². The van der Waals surface area contributed by atoms with Gasteiger partial charge in [0.25, 0.3) is 0 Å². The lowest BCUT2D eigenvalue weighted by molar-refractivity contribution is -0.299. The van der Waals surface area contributed by atoms with Gasteiger partial charge >= 0.3 is 13.8 Å². The molecule has 0 amide bonds. The van der Waals surface area contributed by atoms with Gasteiger partial charge in [-0.25, -0.2) is 9.09 Å². The van der Waals surface area contributed by atoms with Crippen molar-refractivity contribution >= 4 is 13.8 Å². The van der Waals surface area contributed by atoms with E-state index in [0.29, 0.717) is 36.2 Å². The standard InChI is InChI=1S/C35H61O8P/c1-10-40-27-15-16-32(7)25-13-12-24-29-23(4)22(3)14-17-35(29,30(36)42-21-43-44(37,38)39)19-18-33(24,8)34(25,9)28(41-11-2)20-26(32)31(27,5)6/h22-29H,10-21H2,1-9H3,(H2,37,38,39). The minimum absolute atomic E-state index is 0.0210. The van der Waals surface area contributed by atoms with Crippen LogP contribution in [0.25, 0.3) is 0 Å². The van der Waals surface area contributed by atoms with Gasteiger partial charge in [-0.15, -0.1) is 0 Å². The molecule has 12 atom stereocenters. The smallest absolute Gasteiger partial charge is 0.437 e. The van der Waals surface area contributed by atoms with E-state index in [9.17, 15) is 19.1 Å². The number of hydrogen-bond acceptors (Lipinski definition) is 6. The maximum Gasteiger partial charge on any atom is 0.472 e. The topological polar surface area (TPSA) is 112 Å².